The molecule has 6 heteroatoms. The maximum absolute atomic E-state index is 11.8. The normalized spacial score (nSPS) is 19.9. The second kappa shape index (κ2) is 5.75. The summed E-state index contributed by atoms with van der Waals surface area (Å²) >= 11 is 0. The topological polar surface area (TPSA) is 61.4 Å². The SMILES string of the molecule is CCN1CCN(c2ccc(C(=O)NC3CC3)nn2)CC1. The Hall–Kier alpha value is -1.69. The van der Waals surface area contributed by atoms with E-state index in [-0.39, 0.29) is 5.91 Å². The van der Waals surface area contributed by atoms with Crippen LogP contribution in [0.25, 0.3) is 0 Å². The summed E-state index contributed by atoms with van der Waals surface area (Å²) in [6.07, 6.45) is 2.16. The van der Waals surface area contributed by atoms with E-state index < -0.39 is 0 Å². The zero-order valence-electron chi connectivity index (χ0n) is 11.9. The largest absolute Gasteiger partial charge is 0.353 e. The number of nitrogens with one attached hydrogen (secondary N) is 1. The fourth-order valence-corrected chi connectivity index (χ4v) is 2.40. The molecule has 1 aliphatic heterocycles. The summed E-state index contributed by atoms with van der Waals surface area (Å²) in [5.41, 5.74) is 0.410. The van der Waals surface area contributed by atoms with Gasteiger partial charge in [0.1, 0.15) is 0 Å². The van der Waals surface area contributed by atoms with E-state index in [1.807, 2.05) is 6.07 Å². The Labute approximate surface area is 119 Å². The van der Waals surface area contributed by atoms with Crippen LogP contribution < -0.4 is 10.2 Å². The molecule has 3 rings (SSSR count). The quantitative estimate of drug-likeness (QED) is 0.867. The van der Waals surface area contributed by atoms with Crippen LogP contribution in [0.2, 0.25) is 0 Å². The summed E-state index contributed by atoms with van der Waals surface area (Å²) in [4.78, 5) is 16.5. The Morgan fingerprint density at radius 3 is 2.55 bits per heavy atom. The van der Waals surface area contributed by atoms with Crippen LogP contribution in [-0.4, -0.2) is 59.8 Å². The average molecular weight is 275 g/mol. The molecule has 1 aromatic heterocycles. The molecule has 1 aliphatic carbocycles. The molecule has 0 bridgehead atoms. The Morgan fingerprint density at radius 2 is 2.00 bits per heavy atom. The van der Waals surface area contributed by atoms with Gasteiger partial charge in [0.25, 0.3) is 5.91 Å². The molecule has 1 aromatic rings. The number of amides is 1. The number of likely N-dealkylation sites (N-methyl/N-ethyl adjacent to an activating group) is 1. The first kappa shape index (κ1) is 13.3. The Morgan fingerprint density at radius 1 is 1.25 bits per heavy atom. The fourth-order valence-electron chi connectivity index (χ4n) is 2.40. The van der Waals surface area contributed by atoms with Crippen molar-refractivity contribution in [3.05, 3.63) is 17.8 Å². The molecule has 2 heterocycles. The molecule has 1 N–H and O–H groups in total. The minimum Gasteiger partial charge on any atom is -0.353 e. The van der Waals surface area contributed by atoms with E-state index in [2.05, 4.69) is 32.2 Å². The van der Waals surface area contributed by atoms with Gasteiger partial charge in [-0.3, -0.25) is 4.79 Å². The molecule has 1 saturated carbocycles. The molecule has 0 radical (unpaired) electrons. The van der Waals surface area contributed by atoms with Gasteiger partial charge in [0.05, 0.1) is 0 Å². The van der Waals surface area contributed by atoms with Crippen LogP contribution in [-0.2, 0) is 0 Å². The molecule has 0 spiro atoms. The molecule has 0 atom stereocenters. The van der Waals surface area contributed by atoms with E-state index in [0.717, 1.165) is 51.4 Å². The van der Waals surface area contributed by atoms with Crippen LogP contribution in [0.4, 0.5) is 5.82 Å². The van der Waals surface area contributed by atoms with Gasteiger partial charge in [-0.2, -0.15) is 0 Å². The van der Waals surface area contributed by atoms with Gasteiger partial charge >= 0.3 is 0 Å². The number of aromatic nitrogens is 2. The predicted octanol–water partition coefficient (Wildman–Crippen LogP) is 0.511. The lowest BCUT2D eigenvalue weighted by Gasteiger charge is -2.34. The van der Waals surface area contributed by atoms with Crippen molar-refractivity contribution in [1.29, 1.82) is 0 Å². The second-order valence-corrected chi connectivity index (χ2v) is 5.45. The number of anilines is 1. The highest BCUT2D eigenvalue weighted by Crippen LogP contribution is 2.19. The summed E-state index contributed by atoms with van der Waals surface area (Å²) < 4.78 is 0. The van der Waals surface area contributed by atoms with Gasteiger partial charge in [0, 0.05) is 32.2 Å². The Balaban J connectivity index is 1.59. The van der Waals surface area contributed by atoms with Crippen molar-refractivity contribution in [3.8, 4) is 0 Å². The summed E-state index contributed by atoms with van der Waals surface area (Å²) in [7, 11) is 0. The van der Waals surface area contributed by atoms with Crippen molar-refractivity contribution in [2.75, 3.05) is 37.6 Å². The molecule has 0 unspecified atom stereocenters. The highest BCUT2D eigenvalue weighted by atomic mass is 16.2. The molecule has 108 valence electrons. The van der Waals surface area contributed by atoms with Gasteiger partial charge in [-0.05, 0) is 31.5 Å². The predicted molar refractivity (Wildman–Crippen MR) is 76.8 cm³/mol. The lowest BCUT2D eigenvalue weighted by atomic mass is 10.3. The van der Waals surface area contributed by atoms with Crippen LogP contribution in [0.15, 0.2) is 12.1 Å². The van der Waals surface area contributed by atoms with Crippen molar-refractivity contribution in [2.45, 2.75) is 25.8 Å². The van der Waals surface area contributed by atoms with Crippen LogP contribution >= 0.6 is 0 Å². The highest BCUT2D eigenvalue weighted by molar-refractivity contribution is 5.92. The first-order valence-corrected chi connectivity index (χ1v) is 7.38. The van der Waals surface area contributed by atoms with E-state index in [1.165, 1.54) is 0 Å². The van der Waals surface area contributed by atoms with Crippen molar-refractivity contribution >= 4 is 11.7 Å². The third-order valence-electron chi connectivity index (χ3n) is 3.94. The Bertz CT molecular complexity index is 463. The van der Waals surface area contributed by atoms with Crippen molar-refractivity contribution in [3.63, 3.8) is 0 Å². The van der Waals surface area contributed by atoms with Crippen LogP contribution in [0.1, 0.15) is 30.3 Å². The van der Waals surface area contributed by atoms with Crippen molar-refractivity contribution in [1.82, 2.24) is 20.4 Å². The van der Waals surface area contributed by atoms with E-state index in [4.69, 9.17) is 0 Å². The monoisotopic (exact) mass is 275 g/mol. The van der Waals surface area contributed by atoms with E-state index >= 15 is 0 Å². The van der Waals surface area contributed by atoms with Gasteiger partial charge in [0.15, 0.2) is 11.5 Å². The zero-order valence-corrected chi connectivity index (χ0v) is 11.9. The molecular weight excluding hydrogens is 254 g/mol. The zero-order chi connectivity index (χ0) is 13.9. The molecule has 2 fully saturated rings. The molecule has 1 amide bonds. The fraction of sp³-hybridized carbons (Fsp3) is 0.643. The lowest BCUT2D eigenvalue weighted by molar-refractivity contribution is 0.0945. The van der Waals surface area contributed by atoms with E-state index in [9.17, 15) is 4.79 Å². The first-order chi connectivity index (χ1) is 9.76. The molecular formula is C14H21N5O. The number of carbonyl (C=O) groups is 1. The van der Waals surface area contributed by atoms with Gasteiger partial charge in [-0.1, -0.05) is 6.92 Å². The minimum atomic E-state index is -0.109. The number of hydrogen-bond acceptors (Lipinski definition) is 5. The minimum absolute atomic E-state index is 0.109. The Kier molecular flexibility index (Phi) is 3.82. The number of carbonyl (C=O) groups excluding carboxylic acids is 1. The van der Waals surface area contributed by atoms with E-state index in [0.29, 0.717) is 11.7 Å². The summed E-state index contributed by atoms with van der Waals surface area (Å²) in [5, 5.41) is 11.2. The third-order valence-corrected chi connectivity index (χ3v) is 3.94. The van der Waals surface area contributed by atoms with Crippen LogP contribution in [0.5, 0.6) is 0 Å². The second-order valence-electron chi connectivity index (χ2n) is 5.45. The standard InChI is InChI=1S/C14H21N5O/c1-2-18-7-9-19(10-8-18)13-6-5-12(16-17-13)14(20)15-11-3-4-11/h5-6,11H,2-4,7-10H2,1H3,(H,15,20). The molecule has 6 nitrogen and oxygen atoms in total. The number of piperazine rings is 1. The van der Waals surface area contributed by atoms with Gasteiger partial charge < -0.3 is 15.1 Å². The lowest BCUT2D eigenvalue weighted by Crippen LogP contribution is -2.46. The maximum atomic E-state index is 11.8. The van der Waals surface area contributed by atoms with Crippen LogP contribution in [0.3, 0.4) is 0 Å². The smallest absolute Gasteiger partial charge is 0.272 e. The van der Waals surface area contributed by atoms with Crippen molar-refractivity contribution < 1.29 is 4.79 Å². The maximum Gasteiger partial charge on any atom is 0.272 e. The summed E-state index contributed by atoms with van der Waals surface area (Å²) in [6.45, 7) is 7.33. The highest BCUT2D eigenvalue weighted by Gasteiger charge is 2.24. The van der Waals surface area contributed by atoms with Crippen molar-refractivity contribution in [2.24, 2.45) is 0 Å². The van der Waals surface area contributed by atoms with Gasteiger partial charge in [0.2, 0.25) is 0 Å². The summed E-state index contributed by atoms with van der Waals surface area (Å²) in [6, 6.07) is 4.02. The molecule has 0 aromatic carbocycles. The first-order valence-electron chi connectivity index (χ1n) is 7.38. The third kappa shape index (κ3) is 3.07. The molecule has 20 heavy (non-hydrogen) atoms. The number of rotatable bonds is 4. The van der Waals surface area contributed by atoms with Crippen LogP contribution in [0, 0.1) is 0 Å². The van der Waals surface area contributed by atoms with Gasteiger partial charge in [-0.15, -0.1) is 10.2 Å². The average Bonchev–Trinajstić information content (AvgIpc) is 3.31. The number of nitrogens with zero attached hydrogens (tertiary/aromatic N) is 4. The molecule has 2 aliphatic rings. The number of hydrogen-bond donors (Lipinski definition) is 1. The summed E-state index contributed by atoms with van der Waals surface area (Å²) in [5.74, 6) is 0.756. The van der Waals surface area contributed by atoms with E-state index in [1.54, 1.807) is 6.07 Å². The van der Waals surface area contributed by atoms with Gasteiger partial charge in [-0.25, -0.2) is 0 Å². The molecule has 1 saturated heterocycles.